The van der Waals surface area contributed by atoms with E-state index in [9.17, 15) is 29.2 Å². The van der Waals surface area contributed by atoms with Gasteiger partial charge in [0.15, 0.2) is 5.54 Å². The van der Waals surface area contributed by atoms with Crippen molar-refractivity contribution in [2.75, 3.05) is 14.2 Å². The minimum atomic E-state index is -1.41. The molecule has 12 heteroatoms. The predicted octanol–water partition coefficient (Wildman–Crippen LogP) is 4.35. The molecule has 1 N–H and O–H groups in total. The van der Waals surface area contributed by atoms with Gasteiger partial charge in [0.1, 0.15) is 11.2 Å². The van der Waals surface area contributed by atoms with Gasteiger partial charge in [0.2, 0.25) is 5.91 Å². The largest absolute Gasteiger partial charge is 0.469 e. The highest BCUT2D eigenvalue weighted by molar-refractivity contribution is 6.02. The Kier molecular flexibility index (Phi) is 11.4. The smallest absolute Gasteiger partial charge is 0.307 e. The van der Waals surface area contributed by atoms with Crippen molar-refractivity contribution in [3.8, 4) is 6.07 Å². The highest BCUT2D eigenvalue weighted by atomic mass is 16.6. The van der Waals surface area contributed by atoms with Gasteiger partial charge in [0.05, 0.1) is 39.0 Å². The molecule has 5 atom stereocenters. The molecule has 0 aliphatic carbocycles. The fraction of sp³-hybridized carbons (Fsp3) is 0.727. The van der Waals surface area contributed by atoms with Gasteiger partial charge in [-0.25, -0.2) is 0 Å². The third kappa shape index (κ3) is 8.92. The van der Waals surface area contributed by atoms with Gasteiger partial charge >= 0.3 is 23.9 Å². The molecule has 5 unspecified atom stereocenters. The van der Waals surface area contributed by atoms with E-state index in [-0.39, 0.29) is 44.4 Å². The van der Waals surface area contributed by atoms with Crippen LogP contribution in [0, 0.1) is 34.0 Å². The summed E-state index contributed by atoms with van der Waals surface area (Å²) in [7, 11) is 2.54. The van der Waals surface area contributed by atoms with E-state index in [1.807, 2.05) is 0 Å². The van der Waals surface area contributed by atoms with Crippen LogP contribution in [0.15, 0.2) is 16.8 Å². The Morgan fingerprint density at radius 3 is 1.76 bits per heavy atom. The van der Waals surface area contributed by atoms with Crippen LogP contribution in [0.1, 0.15) is 101 Å². The minimum Gasteiger partial charge on any atom is -0.469 e. The Bertz CT molecular complexity index is 1300. The zero-order chi connectivity index (χ0) is 34.6. The average Bonchev–Trinajstić information content (AvgIpc) is 3.23. The Hall–Kier alpha value is -3.75. The number of allylic oxidation sites excluding steroid dienone is 2. The molecule has 0 aromatic rings. The topological polar surface area (TPSA) is 170 Å². The predicted molar refractivity (Wildman–Crippen MR) is 164 cm³/mol. The van der Waals surface area contributed by atoms with Gasteiger partial charge in [-0.05, 0) is 67.4 Å². The monoisotopic (exact) mass is 631 g/mol. The summed E-state index contributed by atoms with van der Waals surface area (Å²) in [6.07, 6.45) is 1.52. The molecular weight excluding hydrogens is 582 g/mol. The molecule has 2 heterocycles. The van der Waals surface area contributed by atoms with E-state index in [2.05, 4.69) is 11.4 Å². The van der Waals surface area contributed by atoms with E-state index in [1.54, 1.807) is 68.4 Å². The molecule has 12 nitrogen and oxygen atoms in total. The Labute approximate surface area is 266 Å². The molecule has 0 spiro atoms. The zero-order valence-corrected chi connectivity index (χ0v) is 28.5. The van der Waals surface area contributed by atoms with Gasteiger partial charge < -0.3 is 24.3 Å². The number of methoxy groups -OCH3 is 2. The van der Waals surface area contributed by atoms with Gasteiger partial charge in [0.25, 0.3) is 0 Å². The normalized spacial score (nSPS) is 29.0. The summed E-state index contributed by atoms with van der Waals surface area (Å²) in [5.41, 5.74) is -4.47. The maximum atomic E-state index is 13.4. The van der Waals surface area contributed by atoms with Gasteiger partial charge in [-0.2, -0.15) is 5.26 Å². The first kappa shape index (κ1) is 37.4. The van der Waals surface area contributed by atoms with Gasteiger partial charge in [-0.3, -0.25) is 29.0 Å². The minimum absolute atomic E-state index is 0.0158. The Balaban J connectivity index is 2.69. The maximum absolute atomic E-state index is 13.4. The van der Waals surface area contributed by atoms with E-state index in [1.165, 1.54) is 14.2 Å². The summed E-state index contributed by atoms with van der Waals surface area (Å²) >= 11 is 0. The lowest BCUT2D eigenvalue weighted by molar-refractivity contribution is -0.159. The number of amides is 1. The lowest BCUT2D eigenvalue weighted by Crippen LogP contribution is -2.45. The van der Waals surface area contributed by atoms with Gasteiger partial charge in [0, 0.05) is 41.0 Å². The van der Waals surface area contributed by atoms with Crippen LogP contribution in [0.3, 0.4) is 0 Å². The number of carbonyl (C=O) groups excluding carboxylic acids is 5. The molecular formula is C33H49N3O9. The number of hydrogen-bond donors (Lipinski definition) is 1. The SMILES string of the molecule is COC(=O)CCC1C(=O)N/C(=C\C2=NC(C)(C#N)C(C)(CC(=O)OC(C)(C)C)C2CCC(=O)OC)C1(C)CC(=O)OC(C)(C)C. The molecule has 45 heavy (non-hydrogen) atoms. The molecule has 1 saturated heterocycles. The molecule has 0 bridgehead atoms. The van der Waals surface area contributed by atoms with Crippen molar-refractivity contribution in [1.29, 1.82) is 5.26 Å². The highest BCUT2D eigenvalue weighted by Crippen LogP contribution is 2.53. The lowest BCUT2D eigenvalue weighted by atomic mass is 9.62. The molecule has 0 saturated carbocycles. The van der Waals surface area contributed by atoms with Crippen molar-refractivity contribution in [1.82, 2.24) is 5.32 Å². The third-order valence-electron chi connectivity index (χ3n) is 8.65. The highest BCUT2D eigenvalue weighted by Gasteiger charge is 2.58. The standard InChI is InChI=1S/C33H49N3O9/c1-29(2,3)44-26(39)17-31(7)21(13-15-25(38)43-11)28(41)35-23(31)16-22-20(12-14-24(37)42-10)32(8,33(9,19-34)36-22)18-27(40)45-30(4,5)6/h16,20-21H,12-15,17-18H2,1-11H3,(H,35,41)/b23-16-. The summed E-state index contributed by atoms with van der Waals surface area (Å²) in [5, 5.41) is 13.3. The van der Waals surface area contributed by atoms with E-state index >= 15 is 0 Å². The van der Waals surface area contributed by atoms with Crippen LogP contribution >= 0.6 is 0 Å². The molecule has 2 rings (SSSR count). The first-order valence-corrected chi connectivity index (χ1v) is 15.2. The number of rotatable bonds is 11. The summed E-state index contributed by atoms with van der Waals surface area (Å²) in [5.74, 6) is -3.82. The number of aliphatic imine (C=N–C) groups is 1. The summed E-state index contributed by atoms with van der Waals surface area (Å²) in [6, 6.07) is 2.27. The van der Waals surface area contributed by atoms with Crippen LogP contribution in [0.4, 0.5) is 0 Å². The van der Waals surface area contributed by atoms with Crippen molar-refractivity contribution >= 4 is 35.5 Å². The number of nitrogens with zero attached hydrogens (tertiary/aromatic N) is 2. The number of ether oxygens (including phenoxy) is 4. The molecule has 0 aromatic carbocycles. The van der Waals surface area contributed by atoms with Crippen molar-refractivity contribution in [2.24, 2.45) is 27.7 Å². The summed E-state index contributed by atoms with van der Waals surface area (Å²) in [4.78, 5) is 68.8. The number of esters is 4. The second-order valence-electron chi connectivity index (χ2n) is 14.5. The van der Waals surface area contributed by atoms with E-state index in [0.29, 0.717) is 11.4 Å². The molecule has 2 aliphatic heterocycles. The molecule has 250 valence electrons. The Morgan fingerprint density at radius 1 is 0.844 bits per heavy atom. The number of hydrogen-bond acceptors (Lipinski definition) is 11. The lowest BCUT2D eigenvalue weighted by Gasteiger charge is -2.39. The first-order valence-electron chi connectivity index (χ1n) is 15.2. The third-order valence-corrected chi connectivity index (χ3v) is 8.65. The van der Waals surface area contributed by atoms with Crippen molar-refractivity contribution in [3.63, 3.8) is 0 Å². The number of nitriles is 1. The van der Waals surface area contributed by atoms with E-state index in [4.69, 9.17) is 23.9 Å². The number of nitrogens with one attached hydrogen (secondary N) is 1. The molecule has 1 amide bonds. The van der Waals surface area contributed by atoms with Crippen LogP contribution in [0.25, 0.3) is 0 Å². The number of carbonyl (C=O) groups is 5. The second-order valence-corrected chi connectivity index (χ2v) is 14.5. The Morgan fingerprint density at radius 2 is 1.31 bits per heavy atom. The van der Waals surface area contributed by atoms with Crippen LogP contribution in [0.5, 0.6) is 0 Å². The molecule has 1 fully saturated rings. The fourth-order valence-electron chi connectivity index (χ4n) is 6.12. The van der Waals surface area contributed by atoms with Gasteiger partial charge in [-0.1, -0.05) is 13.8 Å². The van der Waals surface area contributed by atoms with Crippen LogP contribution in [-0.2, 0) is 42.9 Å². The molecule has 2 aliphatic rings. The fourth-order valence-corrected chi connectivity index (χ4v) is 6.12. The zero-order valence-electron chi connectivity index (χ0n) is 28.5. The van der Waals surface area contributed by atoms with Crippen LogP contribution < -0.4 is 5.32 Å². The summed E-state index contributed by atoms with van der Waals surface area (Å²) < 4.78 is 20.9. The van der Waals surface area contributed by atoms with Crippen LogP contribution in [-0.4, -0.2) is 66.5 Å². The summed E-state index contributed by atoms with van der Waals surface area (Å²) in [6.45, 7) is 15.6. The average molecular weight is 632 g/mol. The van der Waals surface area contributed by atoms with Crippen molar-refractivity contribution in [2.45, 2.75) is 118 Å². The maximum Gasteiger partial charge on any atom is 0.307 e. The van der Waals surface area contributed by atoms with Crippen LogP contribution in [0.2, 0.25) is 0 Å². The molecule has 0 aromatic heterocycles. The van der Waals surface area contributed by atoms with E-state index < -0.39 is 63.3 Å². The van der Waals surface area contributed by atoms with Gasteiger partial charge in [-0.15, -0.1) is 0 Å². The first-order chi connectivity index (χ1) is 20.5. The van der Waals surface area contributed by atoms with Crippen molar-refractivity contribution in [3.05, 3.63) is 11.8 Å². The quantitative estimate of drug-likeness (QED) is 0.255. The van der Waals surface area contributed by atoms with E-state index in [0.717, 1.165) is 0 Å². The van der Waals surface area contributed by atoms with Crippen molar-refractivity contribution < 1.29 is 42.9 Å². The second kappa shape index (κ2) is 13.7. The molecule has 0 radical (unpaired) electrons.